The number of hydrogen-bond donors (Lipinski definition) is 0. The predicted octanol–water partition coefficient (Wildman–Crippen LogP) is 3.44. The zero-order valence-electron chi connectivity index (χ0n) is 10.0. The van der Waals surface area contributed by atoms with Crippen LogP contribution in [0.3, 0.4) is 0 Å². The van der Waals surface area contributed by atoms with Crippen molar-refractivity contribution in [3.05, 3.63) is 0 Å². The van der Waals surface area contributed by atoms with Crippen LogP contribution in [0.15, 0.2) is 0 Å². The quantitative estimate of drug-likeness (QED) is 0.669. The van der Waals surface area contributed by atoms with E-state index in [2.05, 4.69) is 0 Å². The highest BCUT2D eigenvalue weighted by molar-refractivity contribution is 5.78. The lowest BCUT2D eigenvalue weighted by atomic mass is 9.84. The van der Waals surface area contributed by atoms with Gasteiger partial charge in [0.2, 0.25) is 0 Å². The summed E-state index contributed by atoms with van der Waals surface area (Å²) in [5, 5.41) is 0. The molecular formula is C14H22O2. The number of esters is 1. The lowest BCUT2D eigenvalue weighted by Gasteiger charge is -2.29. The highest BCUT2D eigenvalue weighted by Crippen LogP contribution is 2.54. The maximum atomic E-state index is 12.3. The molecule has 0 saturated heterocycles. The van der Waals surface area contributed by atoms with Gasteiger partial charge in [-0.15, -0.1) is 0 Å². The molecule has 2 heteroatoms. The summed E-state index contributed by atoms with van der Waals surface area (Å²) in [4.78, 5) is 12.3. The maximum Gasteiger partial charge on any atom is 0.312 e. The molecule has 16 heavy (non-hydrogen) atoms. The molecule has 0 aromatic carbocycles. The first-order valence-electron chi connectivity index (χ1n) is 7.00. The van der Waals surface area contributed by atoms with Gasteiger partial charge >= 0.3 is 5.97 Å². The Morgan fingerprint density at radius 3 is 2.25 bits per heavy atom. The average Bonchev–Trinajstić information content (AvgIpc) is 2.91. The number of hydrogen-bond acceptors (Lipinski definition) is 2. The van der Waals surface area contributed by atoms with Crippen LogP contribution in [0, 0.1) is 11.3 Å². The number of fused-ring (bicyclic) bond motifs is 2. The molecule has 3 aliphatic carbocycles. The summed E-state index contributed by atoms with van der Waals surface area (Å²) in [7, 11) is 0. The summed E-state index contributed by atoms with van der Waals surface area (Å²) in [5.41, 5.74) is -0.0396. The number of ether oxygens (including phenoxy) is 1. The third-order valence-electron chi connectivity index (χ3n) is 5.00. The van der Waals surface area contributed by atoms with Gasteiger partial charge in [0.15, 0.2) is 0 Å². The van der Waals surface area contributed by atoms with Gasteiger partial charge in [0, 0.05) is 0 Å². The van der Waals surface area contributed by atoms with Gasteiger partial charge in [0.25, 0.3) is 0 Å². The van der Waals surface area contributed by atoms with Crippen LogP contribution in [0.5, 0.6) is 0 Å². The topological polar surface area (TPSA) is 26.3 Å². The van der Waals surface area contributed by atoms with Crippen molar-refractivity contribution >= 4 is 5.97 Å². The lowest BCUT2D eigenvalue weighted by molar-refractivity contribution is -0.162. The zero-order valence-corrected chi connectivity index (χ0v) is 10.0. The van der Waals surface area contributed by atoms with Gasteiger partial charge in [-0.05, 0) is 63.7 Å². The van der Waals surface area contributed by atoms with Gasteiger partial charge in [-0.25, -0.2) is 0 Å². The largest absolute Gasteiger partial charge is 0.462 e. The molecule has 0 aromatic rings. The lowest BCUT2D eigenvalue weighted by Crippen LogP contribution is -2.32. The molecule has 0 amide bonds. The number of carbonyl (C=O) groups excluding carboxylic acids is 1. The van der Waals surface area contributed by atoms with Gasteiger partial charge in [0.05, 0.1) is 5.41 Å². The summed E-state index contributed by atoms with van der Waals surface area (Å²) in [6.07, 6.45) is 12.1. The van der Waals surface area contributed by atoms with E-state index in [9.17, 15) is 4.79 Å². The second-order valence-corrected chi connectivity index (χ2v) is 6.09. The Bertz CT molecular complexity index is 270. The van der Waals surface area contributed by atoms with E-state index in [4.69, 9.17) is 4.74 Å². The third-order valence-corrected chi connectivity index (χ3v) is 5.00. The minimum Gasteiger partial charge on any atom is -0.462 e. The molecular weight excluding hydrogens is 200 g/mol. The minimum absolute atomic E-state index is 0.0396. The SMILES string of the molecule is O=C(OC1CCCCC1)C12CCC(CC1)C2. The van der Waals surface area contributed by atoms with Gasteiger partial charge in [-0.1, -0.05) is 6.42 Å². The summed E-state index contributed by atoms with van der Waals surface area (Å²) in [5.74, 6) is 0.985. The van der Waals surface area contributed by atoms with E-state index >= 15 is 0 Å². The van der Waals surface area contributed by atoms with Crippen LogP contribution < -0.4 is 0 Å². The molecule has 2 nitrogen and oxygen atoms in total. The van der Waals surface area contributed by atoms with Crippen molar-refractivity contribution in [2.45, 2.75) is 70.3 Å². The molecule has 0 heterocycles. The Labute approximate surface area is 97.7 Å². The van der Waals surface area contributed by atoms with E-state index in [1.54, 1.807) is 0 Å². The second kappa shape index (κ2) is 4.05. The summed E-state index contributed by atoms with van der Waals surface area (Å²) < 4.78 is 5.76. The minimum atomic E-state index is -0.0396. The second-order valence-electron chi connectivity index (χ2n) is 6.09. The van der Waals surface area contributed by atoms with Crippen LogP contribution in [0.1, 0.15) is 64.2 Å². The van der Waals surface area contributed by atoms with Crippen molar-refractivity contribution in [3.8, 4) is 0 Å². The Kier molecular flexibility index (Phi) is 2.68. The summed E-state index contributed by atoms with van der Waals surface area (Å²) >= 11 is 0. The van der Waals surface area contributed by atoms with Gasteiger partial charge in [-0.2, -0.15) is 0 Å². The fraction of sp³-hybridized carbons (Fsp3) is 0.929. The molecule has 0 radical (unpaired) electrons. The fourth-order valence-electron chi connectivity index (χ4n) is 3.94. The molecule has 0 spiro atoms. The van der Waals surface area contributed by atoms with Crippen molar-refractivity contribution in [2.24, 2.45) is 11.3 Å². The Balaban J connectivity index is 1.60. The van der Waals surface area contributed by atoms with Crippen LogP contribution in [0.2, 0.25) is 0 Å². The van der Waals surface area contributed by atoms with Crippen molar-refractivity contribution in [3.63, 3.8) is 0 Å². The van der Waals surface area contributed by atoms with Crippen LogP contribution >= 0.6 is 0 Å². The molecule has 3 saturated carbocycles. The van der Waals surface area contributed by atoms with Crippen molar-refractivity contribution < 1.29 is 9.53 Å². The highest BCUT2D eigenvalue weighted by atomic mass is 16.5. The summed E-state index contributed by atoms with van der Waals surface area (Å²) in [6, 6.07) is 0. The van der Waals surface area contributed by atoms with E-state index in [0.717, 1.165) is 38.0 Å². The van der Waals surface area contributed by atoms with Gasteiger partial charge < -0.3 is 4.74 Å². The molecule has 2 bridgehead atoms. The predicted molar refractivity (Wildman–Crippen MR) is 62.0 cm³/mol. The fourth-order valence-corrected chi connectivity index (χ4v) is 3.94. The molecule has 90 valence electrons. The van der Waals surface area contributed by atoms with Crippen LogP contribution in [-0.4, -0.2) is 12.1 Å². The normalized spacial score (nSPS) is 38.9. The molecule has 0 aromatic heterocycles. The Morgan fingerprint density at radius 2 is 1.69 bits per heavy atom. The van der Waals surface area contributed by atoms with Crippen LogP contribution in [0.25, 0.3) is 0 Å². The van der Waals surface area contributed by atoms with E-state index in [1.165, 1.54) is 32.1 Å². The van der Waals surface area contributed by atoms with E-state index in [0.29, 0.717) is 0 Å². The molecule has 3 rings (SSSR count). The molecule has 0 aliphatic heterocycles. The number of carbonyl (C=O) groups is 1. The Morgan fingerprint density at radius 1 is 1.00 bits per heavy atom. The van der Waals surface area contributed by atoms with E-state index < -0.39 is 0 Å². The first-order valence-corrected chi connectivity index (χ1v) is 7.00. The molecule has 0 atom stereocenters. The van der Waals surface area contributed by atoms with Crippen LogP contribution in [-0.2, 0) is 9.53 Å². The summed E-state index contributed by atoms with van der Waals surface area (Å²) in [6.45, 7) is 0. The molecule has 3 fully saturated rings. The van der Waals surface area contributed by atoms with Crippen molar-refractivity contribution in [1.82, 2.24) is 0 Å². The Hall–Kier alpha value is -0.530. The smallest absolute Gasteiger partial charge is 0.312 e. The van der Waals surface area contributed by atoms with Gasteiger partial charge in [-0.3, -0.25) is 4.79 Å². The maximum absolute atomic E-state index is 12.3. The van der Waals surface area contributed by atoms with Gasteiger partial charge in [0.1, 0.15) is 6.10 Å². The van der Waals surface area contributed by atoms with Crippen molar-refractivity contribution in [1.29, 1.82) is 0 Å². The van der Waals surface area contributed by atoms with Crippen molar-refractivity contribution in [2.75, 3.05) is 0 Å². The van der Waals surface area contributed by atoms with E-state index in [-0.39, 0.29) is 17.5 Å². The highest BCUT2D eigenvalue weighted by Gasteiger charge is 2.51. The van der Waals surface area contributed by atoms with E-state index in [1.807, 2.05) is 0 Å². The standard InChI is InChI=1S/C14H22O2/c15-13(16-12-4-2-1-3-5-12)14-8-6-11(10-14)7-9-14/h11-12H,1-10H2. The zero-order chi connectivity index (χ0) is 11.0. The molecule has 0 unspecified atom stereocenters. The number of rotatable bonds is 2. The average molecular weight is 222 g/mol. The monoisotopic (exact) mass is 222 g/mol. The first-order chi connectivity index (χ1) is 7.78. The molecule has 3 aliphatic rings. The first kappa shape index (κ1) is 10.6. The molecule has 0 N–H and O–H groups in total. The van der Waals surface area contributed by atoms with Crippen LogP contribution in [0.4, 0.5) is 0 Å². The third kappa shape index (κ3) is 1.76.